The van der Waals surface area contributed by atoms with Crippen LogP contribution >= 0.6 is 0 Å². The second kappa shape index (κ2) is 3.00. The number of phenols is 1. The van der Waals surface area contributed by atoms with Gasteiger partial charge in [0.25, 0.3) is 0 Å². The molecule has 0 saturated carbocycles. The van der Waals surface area contributed by atoms with Crippen LogP contribution in [0, 0.1) is 0 Å². The average molecular weight is 202 g/mol. The summed E-state index contributed by atoms with van der Waals surface area (Å²) in [6.07, 6.45) is 1.04. The number of benzene rings is 1. The van der Waals surface area contributed by atoms with Crippen LogP contribution in [0.3, 0.4) is 0 Å². The van der Waals surface area contributed by atoms with E-state index in [1.54, 1.807) is 6.07 Å². The van der Waals surface area contributed by atoms with Gasteiger partial charge < -0.3 is 15.0 Å². The van der Waals surface area contributed by atoms with Crippen LogP contribution in [0.1, 0.15) is 11.3 Å². The Morgan fingerprint density at radius 1 is 1.40 bits per heavy atom. The van der Waals surface area contributed by atoms with Crippen LogP contribution in [0.2, 0.25) is 0 Å². The molecule has 1 aliphatic rings. The maximum absolute atomic E-state index is 9.86. The minimum absolute atomic E-state index is 0.389. The largest absolute Gasteiger partial charge is 0.507 e. The van der Waals surface area contributed by atoms with Crippen molar-refractivity contribution in [3.05, 3.63) is 29.5 Å². The van der Waals surface area contributed by atoms with Gasteiger partial charge in [-0.1, -0.05) is 6.07 Å². The first-order chi connectivity index (χ1) is 7.25. The van der Waals surface area contributed by atoms with E-state index in [0.717, 1.165) is 30.4 Å². The van der Waals surface area contributed by atoms with E-state index in [4.69, 9.17) is 0 Å². The Kier molecular flexibility index (Phi) is 1.76. The number of rotatable bonds is 0. The summed E-state index contributed by atoms with van der Waals surface area (Å²) in [5.41, 5.74) is 3.59. The number of H-pyrrole nitrogens is 1. The number of hydrogen-bond acceptors (Lipinski definition) is 2. The van der Waals surface area contributed by atoms with Crippen LogP contribution in [-0.4, -0.2) is 28.6 Å². The van der Waals surface area contributed by atoms with E-state index in [9.17, 15) is 5.11 Å². The van der Waals surface area contributed by atoms with Crippen molar-refractivity contribution in [1.29, 1.82) is 0 Å². The van der Waals surface area contributed by atoms with Crippen molar-refractivity contribution in [1.82, 2.24) is 9.88 Å². The molecule has 1 aromatic heterocycles. The van der Waals surface area contributed by atoms with Crippen molar-refractivity contribution in [2.45, 2.75) is 13.0 Å². The Bertz CT molecular complexity index is 516. The number of nitrogens with one attached hydrogen (secondary N) is 1. The molecule has 0 bridgehead atoms. The summed E-state index contributed by atoms with van der Waals surface area (Å²) in [5.74, 6) is 0.389. The molecule has 1 aliphatic heterocycles. The highest BCUT2D eigenvalue weighted by molar-refractivity contribution is 5.90. The maximum Gasteiger partial charge on any atom is 0.125 e. The van der Waals surface area contributed by atoms with Gasteiger partial charge in [-0.15, -0.1) is 0 Å². The lowest BCUT2D eigenvalue weighted by atomic mass is 10.0. The predicted octanol–water partition coefficient (Wildman–Crippen LogP) is 1.86. The van der Waals surface area contributed by atoms with Gasteiger partial charge in [0.1, 0.15) is 5.75 Å². The van der Waals surface area contributed by atoms with Crippen LogP contribution in [0.4, 0.5) is 0 Å². The van der Waals surface area contributed by atoms with Gasteiger partial charge in [-0.25, -0.2) is 0 Å². The van der Waals surface area contributed by atoms with E-state index in [-0.39, 0.29) is 0 Å². The molecular weight excluding hydrogens is 188 g/mol. The molecular formula is C12H14N2O. The maximum atomic E-state index is 9.86. The molecule has 0 atom stereocenters. The fourth-order valence-corrected chi connectivity index (χ4v) is 2.39. The van der Waals surface area contributed by atoms with Gasteiger partial charge in [0.15, 0.2) is 0 Å². The van der Waals surface area contributed by atoms with Crippen LogP contribution in [0.15, 0.2) is 18.2 Å². The summed E-state index contributed by atoms with van der Waals surface area (Å²) in [6.45, 7) is 2.01. The van der Waals surface area contributed by atoms with E-state index in [1.807, 2.05) is 12.1 Å². The van der Waals surface area contributed by atoms with E-state index >= 15 is 0 Å². The zero-order valence-electron chi connectivity index (χ0n) is 8.75. The summed E-state index contributed by atoms with van der Waals surface area (Å²) < 4.78 is 0. The normalized spacial score (nSPS) is 16.9. The molecule has 15 heavy (non-hydrogen) atoms. The number of aromatic nitrogens is 1. The van der Waals surface area contributed by atoms with E-state index in [0.29, 0.717) is 5.75 Å². The van der Waals surface area contributed by atoms with Gasteiger partial charge in [0.05, 0.1) is 0 Å². The van der Waals surface area contributed by atoms with Gasteiger partial charge in [-0.3, -0.25) is 0 Å². The standard InChI is InChI=1S/C12H14N2O/c1-14-6-5-9-8(7-14)12-10(13-9)3-2-4-11(12)15/h2-4,13,15H,5-7H2,1H3. The molecule has 0 spiro atoms. The highest BCUT2D eigenvalue weighted by Crippen LogP contribution is 2.32. The third-order valence-electron chi connectivity index (χ3n) is 3.17. The first-order valence-electron chi connectivity index (χ1n) is 5.25. The minimum Gasteiger partial charge on any atom is -0.507 e. The topological polar surface area (TPSA) is 39.3 Å². The quantitative estimate of drug-likeness (QED) is 0.684. The minimum atomic E-state index is 0.389. The van der Waals surface area contributed by atoms with Crippen molar-refractivity contribution in [3.8, 4) is 5.75 Å². The van der Waals surface area contributed by atoms with Crippen molar-refractivity contribution >= 4 is 10.9 Å². The number of phenolic OH excluding ortho intramolecular Hbond substituents is 1. The fourth-order valence-electron chi connectivity index (χ4n) is 2.39. The van der Waals surface area contributed by atoms with Gasteiger partial charge >= 0.3 is 0 Å². The highest BCUT2D eigenvalue weighted by Gasteiger charge is 2.19. The molecule has 78 valence electrons. The second-order valence-electron chi connectivity index (χ2n) is 4.27. The molecule has 2 aromatic rings. The lowest BCUT2D eigenvalue weighted by molar-refractivity contribution is 0.312. The molecule has 3 nitrogen and oxygen atoms in total. The fraction of sp³-hybridized carbons (Fsp3) is 0.333. The summed E-state index contributed by atoms with van der Waals surface area (Å²) in [5, 5.41) is 10.9. The number of aromatic hydroxyl groups is 1. The lowest BCUT2D eigenvalue weighted by Crippen LogP contribution is -2.26. The van der Waals surface area contributed by atoms with Crippen LogP contribution in [0.25, 0.3) is 10.9 Å². The Labute approximate surface area is 88.3 Å². The zero-order valence-corrected chi connectivity index (χ0v) is 8.75. The molecule has 0 amide bonds. The van der Waals surface area contributed by atoms with Gasteiger partial charge in [-0.2, -0.15) is 0 Å². The van der Waals surface area contributed by atoms with Crippen LogP contribution in [-0.2, 0) is 13.0 Å². The Hall–Kier alpha value is -1.48. The number of hydrogen-bond donors (Lipinski definition) is 2. The van der Waals surface area contributed by atoms with Gasteiger partial charge in [0.2, 0.25) is 0 Å². The van der Waals surface area contributed by atoms with Crippen LogP contribution in [0.5, 0.6) is 5.75 Å². The number of nitrogens with zero attached hydrogens (tertiary/aromatic N) is 1. The average Bonchev–Trinajstić information content (AvgIpc) is 2.57. The summed E-state index contributed by atoms with van der Waals surface area (Å²) in [4.78, 5) is 5.67. The number of aromatic amines is 1. The smallest absolute Gasteiger partial charge is 0.125 e. The highest BCUT2D eigenvalue weighted by atomic mass is 16.3. The SMILES string of the molecule is CN1CCc2[nH]c3cccc(O)c3c2C1. The first-order valence-corrected chi connectivity index (χ1v) is 5.25. The van der Waals surface area contributed by atoms with Crippen molar-refractivity contribution < 1.29 is 5.11 Å². The molecule has 0 radical (unpaired) electrons. The molecule has 3 rings (SSSR count). The Balaban J connectivity index is 2.30. The number of fused-ring (bicyclic) bond motifs is 3. The van der Waals surface area contributed by atoms with Crippen LogP contribution < -0.4 is 0 Å². The molecule has 1 aromatic carbocycles. The summed E-state index contributed by atoms with van der Waals surface area (Å²) in [6, 6.07) is 5.65. The predicted molar refractivity (Wildman–Crippen MR) is 60.0 cm³/mol. The van der Waals surface area contributed by atoms with Gasteiger partial charge in [-0.05, 0) is 24.7 Å². The zero-order chi connectivity index (χ0) is 10.4. The van der Waals surface area contributed by atoms with E-state index in [1.165, 1.54) is 11.3 Å². The molecule has 0 unspecified atom stereocenters. The Morgan fingerprint density at radius 2 is 2.27 bits per heavy atom. The summed E-state index contributed by atoms with van der Waals surface area (Å²) in [7, 11) is 2.11. The molecule has 3 heteroatoms. The van der Waals surface area contributed by atoms with E-state index in [2.05, 4.69) is 16.9 Å². The second-order valence-corrected chi connectivity index (χ2v) is 4.27. The lowest BCUT2D eigenvalue weighted by Gasteiger charge is -2.22. The van der Waals surface area contributed by atoms with Gasteiger partial charge in [0, 0.05) is 36.1 Å². The number of likely N-dealkylation sites (N-methyl/N-ethyl adjacent to an activating group) is 1. The third-order valence-corrected chi connectivity index (χ3v) is 3.17. The Morgan fingerprint density at radius 3 is 3.13 bits per heavy atom. The van der Waals surface area contributed by atoms with Crippen molar-refractivity contribution in [2.24, 2.45) is 0 Å². The molecule has 0 fully saturated rings. The molecule has 0 aliphatic carbocycles. The molecule has 2 heterocycles. The monoisotopic (exact) mass is 202 g/mol. The first kappa shape index (κ1) is 8.80. The third kappa shape index (κ3) is 1.23. The summed E-state index contributed by atoms with van der Waals surface area (Å²) >= 11 is 0. The van der Waals surface area contributed by atoms with Crippen molar-refractivity contribution in [3.63, 3.8) is 0 Å². The van der Waals surface area contributed by atoms with Crippen molar-refractivity contribution in [2.75, 3.05) is 13.6 Å². The molecule has 0 saturated heterocycles. The van der Waals surface area contributed by atoms with E-state index < -0.39 is 0 Å². The molecule has 2 N–H and O–H groups in total.